The number of methoxy groups -OCH3 is 1. The lowest BCUT2D eigenvalue weighted by molar-refractivity contribution is -0.205. The van der Waals surface area contributed by atoms with Crippen LogP contribution < -0.4 is 4.74 Å². The van der Waals surface area contributed by atoms with Crippen molar-refractivity contribution in [2.75, 3.05) is 7.11 Å². The normalized spacial score (nSPS) is 19.2. The molecule has 8 heteroatoms. The Kier molecular flexibility index (Phi) is 5.98. The molecule has 1 atom stereocenters. The molecular formula is C19H26N2O6. The van der Waals surface area contributed by atoms with Gasteiger partial charge in [0.25, 0.3) is 5.91 Å². The summed E-state index contributed by atoms with van der Waals surface area (Å²) >= 11 is 0. The van der Waals surface area contributed by atoms with Crippen molar-refractivity contribution in [3.05, 3.63) is 29.8 Å². The number of benzene rings is 1. The summed E-state index contributed by atoms with van der Waals surface area (Å²) in [5.41, 5.74) is -0.833. The third-order valence-electron chi connectivity index (χ3n) is 4.19. The van der Waals surface area contributed by atoms with E-state index in [4.69, 9.17) is 14.2 Å². The van der Waals surface area contributed by atoms with Gasteiger partial charge in [0, 0.05) is 0 Å². The van der Waals surface area contributed by atoms with Gasteiger partial charge in [-0.3, -0.25) is 4.79 Å². The van der Waals surface area contributed by atoms with Crippen LogP contribution in [0, 0.1) is 0 Å². The van der Waals surface area contributed by atoms with E-state index in [0.717, 1.165) is 5.01 Å². The van der Waals surface area contributed by atoms with E-state index in [1.165, 1.54) is 7.11 Å². The molecule has 1 heterocycles. The number of nitrogens with zero attached hydrogens (tertiary/aromatic N) is 2. The first kappa shape index (κ1) is 20.5. The Bertz CT molecular complexity index is 733. The lowest BCUT2D eigenvalue weighted by Crippen LogP contribution is -2.78. The van der Waals surface area contributed by atoms with Crippen molar-refractivity contribution in [2.24, 2.45) is 0 Å². The highest BCUT2D eigenvalue weighted by atomic mass is 16.6. The second kappa shape index (κ2) is 7.85. The maximum absolute atomic E-state index is 13.1. The molecule has 0 aliphatic carbocycles. The van der Waals surface area contributed by atoms with Crippen LogP contribution in [0.3, 0.4) is 0 Å². The largest absolute Gasteiger partial charge is 0.497 e. The van der Waals surface area contributed by atoms with Crippen molar-refractivity contribution in [3.63, 3.8) is 0 Å². The fraction of sp³-hybridized carbons (Fsp3) is 0.526. The molecule has 0 radical (unpaired) electrons. The van der Waals surface area contributed by atoms with Gasteiger partial charge in [0.15, 0.2) is 5.54 Å². The van der Waals surface area contributed by atoms with Gasteiger partial charge < -0.3 is 14.2 Å². The van der Waals surface area contributed by atoms with E-state index < -0.39 is 35.8 Å². The standard InChI is InChI=1S/C19H26N2O6/c1-7-19(14-9-8-10-15(11-14)25-6)16(22)20(17(23)26-12(2)3)21(19)18(24)27-13(4)5/h8-13H,7H2,1-6H3/t19-/m1/s1. The predicted octanol–water partition coefficient (Wildman–Crippen LogP) is 3.45. The van der Waals surface area contributed by atoms with Crippen LogP contribution in [0.4, 0.5) is 9.59 Å². The predicted molar refractivity (Wildman–Crippen MR) is 96.9 cm³/mol. The molecular weight excluding hydrogens is 352 g/mol. The average Bonchev–Trinajstić information content (AvgIpc) is 2.59. The van der Waals surface area contributed by atoms with E-state index >= 15 is 0 Å². The Labute approximate surface area is 158 Å². The zero-order chi connectivity index (χ0) is 20.4. The number of ether oxygens (including phenoxy) is 3. The fourth-order valence-corrected chi connectivity index (χ4v) is 3.02. The molecule has 148 valence electrons. The first-order valence-electron chi connectivity index (χ1n) is 8.89. The number of carbonyl (C=O) groups excluding carboxylic acids is 3. The van der Waals surface area contributed by atoms with Gasteiger partial charge in [-0.25, -0.2) is 9.59 Å². The van der Waals surface area contributed by atoms with Gasteiger partial charge in [-0.2, -0.15) is 5.01 Å². The number of hydrogen-bond acceptors (Lipinski definition) is 6. The van der Waals surface area contributed by atoms with Crippen molar-refractivity contribution >= 4 is 18.1 Å². The molecule has 0 unspecified atom stereocenters. The molecule has 2 rings (SSSR count). The summed E-state index contributed by atoms with van der Waals surface area (Å²) in [4.78, 5) is 38.2. The molecule has 0 saturated carbocycles. The third kappa shape index (κ3) is 3.56. The highest BCUT2D eigenvalue weighted by Crippen LogP contribution is 2.45. The molecule has 8 nitrogen and oxygen atoms in total. The molecule has 1 saturated heterocycles. The first-order valence-corrected chi connectivity index (χ1v) is 8.89. The minimum atomic E-state index is -1.36. The molecule has 0 bridgehead atoms. The summed E-state index contributed by atoms with van der Waals surface area (Å²) in [7, 11) is 1.51. The van der Waals surface area contributed by atoms with Crippen molar-refractivity contribution in [1.29, 1.82) is 0 Å². The van der Waals surface area contributed by atoms with Crippen LogP contribution in [0.1, 0.15) is 46.6 Å². The van der Waals surface area contributed by atoms with Crippen LogP contribution in [-0.2, 0) is 19.8 Å². The molecule has 0 N–H and O–H groups in total. The van der Waals surface area contributed by atoms with Gasteiger partial charge in [0.1, 0.15) is 5.75 Å². The SMILES string of the molecule is CC[C@@]1(c2cccc(OC)c2)C(=O)N(C(=O)OC(C)C)N1C(=O)OC(C)C. The van der Waals surface area contributed by atoms with Gasteiger partial charge in [-0.15, -0.1) is 5.01 Å². The second-order valence-corrected chi connectivity index (χ2v) is 6.74. The van der Waals surface area contributed by atoms with Crippen molar-refractivity contribution in [2.45, 2.75) is 58.8 Å². The Morgan fingerprint density at radius 2 is 1.67 bits per heavy atom. The number of rotatable bonds is 5. The Morgan fingerprint density at radius 1 is 1.07 bits per heavy atom. The molecule has 0 aromatic heterocycles. The third-order valence-corrected chi connectivity index (χ3v) is 4.19. The van der Waals surface area contributed by atoms with E-state index in [9.17, 15) is 14.4 Å². The Morgan fingerprint density at radius 3 is 2.19 bits per heavy atom. The number of hydrazine groups is 1. The second-order valence-electron chi connectivity index (χ2n) is 6.74. The lowest BCUT2D eigenvalue weighted by atomic mass is 9.81. The summed E-state index contributed by atoms with van der Waals surface area (Å²) in [6.45, 7) is 8.46. The van der Waals surface area contributed by atoms with Crippen LogP contribution in [0.5, 0.6) is 5.75 Å². The quantitative estimate of drug-likeness (QED) is 0.780. The molecule has 1 aliphatic heterocycles. The maximum atomic E-state index is 13.1. The zero-order valence-corrected chi connectivity index (χ0v) is 16.5. The van der Waals surface area contributed by atoms with Crippen molar-refractivity contribution < 1.29 is 28.6 Å². The number of hydrogen-bond donors (Lipinski definition) is 0. The maximum Gasteiger partial charge on any atom is 0.436 e. The first-order chi connectivity index (χ1) is 12.7. The van der Waals surface area contributed by atoms with Crippen LogP contribution in [0.2, 0.25) is 0 Å². The van der Waals surface area contributed by atoms with E-state index in [2.05, 4.69) is 0 Å². The number of carbonyl (C=O) groups is 3. The highest BCUT2D eigenvalue weighted by molar-refractivity contribution is 6.06. The molecule has 27 heavy (non-hydrogen) atoms. The molecule has 1 aromatic rings. The summed E-state index contributed by atoms with van der Waals surface area (Å²) in [5, 5.41) is 1.74. The van der Waals surface area contributed by atoms with Crippen LogP contribution in [0.25, 0.3) is 0 Å². The highest BCUT2D eigenvalue weighted by Gasteiger charge is 2.65. The monoisotopic (exact) mass is 378 g/mol. The van der Waals surface area contributed by atoms with Gasteiger partial charge in [-0.05, 0) is 51.8 Å². The summed E-state index contributed by atoms with van der Waals surface area (Å²) in [5.74, 6) is -0.0156. The molecule has 3 amide bonds. The fourth-order valence-electron chi connectivity index (χ4n) is 3.02. The molecule has 1 aliphatic rings. The summed E-state index contributed by atoms with van der Waals surface area (Å²) < 4.78 is 15.6. The van der Waals surface area contributed by atoms with Gasteiger partial charge in [0.2, 0.25) is 0 Å². The molecule has 1 aromatic carbocycles. The van der Waals surface area contributed by atoms with E-state index in [0.29, 0.717) is 16.3 Å². The van der Waals surface area contributed by atoms with E-state index in [1.54, 1.807) is 58.9 Å². The van der Waals surface area contributed by atoms with Gasteiger partial charge >= 0.3 is 12.2 Å². The molecule has 1 fully saturated rings. The zero-order valence-electron chi connectivity index (χ0n) is 16.5. The van der Waals surface area contributed by atoms with Crippen LogP contribution in [-0.4, -0.2) is 47.4 Å². The number of amides is 3. The average molecular weight is 378 g/mol. The lowest BCUT2D eigenvalue weighted by Gasteiger charge is -2.54. The minimum Gasteiger partial charge on any atom is -0.497 e. The van der Waals surface area contributed by atoms with E-state index in [-0.39, 0.29) is 6.42 Å². The topological polar surface area (TPSA) is 85.4 Å². The van der Waals surface area contributed by atoms with Gasteiger partial charge in [0.05, 0.1) is 19.3 Å². The molecule has 0 spiro atoms. The summed E-state index contributed by atoms with van der Waals surface area (Å²) in [6.07, 6.45) is -2.33. The van der Waals surface area contributed by atoms with Crippen molar-refractivity contribution in [1.82, 2.24) is 10.0 Å². The smallest absolute Gasteiger partial charge is 0.436 e. The van der Waals surface area contributed by atoms with Crippen molar-refractivity contribution in [3.8, 4) is 5.75 Å². The van der Waals surface area contributed by atoms with E-state index in [1.807, 2.05) is 0 Å². The number of imide groups is 1. The van der Waals surface area contributed by atoms with Crippen LogP contribution in [0.15, 0.2) is 24.3 Å². The Hall–Kier alpha value is -2.77. The van der Waals surface area contributed by atoms with Gasteiger partial charge in [-0.1, -0.05) is 19.1 Å². The Balaban J connectivity index is 2.52. The summed E-state index contributed by atoms with van der Waals surface area (Å²) in [6, 6.07) is 6.84. The minimum absolute atomic E-state index is 0.248. The van der Waals surface area contributed by atoms with Crippen LogP contribution >= 0.6 is 0 Å².